The summed E-state index contributed by atoms with van der Waals surface area (Å²) < 4.78 is 5.91. The van der Waals surface area contributed by atoms with E-state index in [4.69, 9.17) is 16.3 Å². The van der Waals surface area contributed by atoms with Crippen molar-refractivity contribution >= 4 is 33.3 Å². The van der Waals surface area contributed by atoms with Crippen LogP contribution in [0.25, 0.3) is 5.76 Å². The lowest BCUT2D eigenvalue weighted by atomic mass is 10.2. The van der Waals surface area contributed by atoms with Crippen LogP contribution in [0, 0.1) is 0 Å². The van der Waals surface area contributed by atoms with E-state index in [0.717, 1.165) is 5.56 Å². The molecule has 0 unspecified atom stereocenters. The average molecular weight is 263 g/mol. The largest absolute Gasteiger partial charge is 0.494 e. The quantitative estimate of drug-likeness (QED) is 0.614. The van der Waals surface area contributed by atoms with Gasteiger partial charge in [0, 0.05) is 0 Å². The molecule has 0 saturated carbocycles. The number of hydrogen-bond acceptors (Lipinski definition) is 2. The van der Waals surface area contributed by atoms with Gasteiger partial charge >= 0.3 is 0 Å². The van der Waals surface area contributed by atoms with Crippen molar-refractivity contribution in [3.8, 4) is 0 Å². The summed E-state index contributed by atoms with van der Waals surface area (Å²) in [7, 11) is 0. The highest BCUT2D eigenvalue weighted by Gasteiger charge is 2.06. The number of halogens is 2. The number of rotatable bonds is 3. The van der Waals surface area contributed by atoms with Gasteiger partial charge in [-0.15, -0.1) is 0 Å². The minimum atomic E-state index is 0.396. The SMILES string of the molecule is C=C(OCC)c1ccc(Br)nc1Cl. The van der Waals surface area contributed by atoms with Crippen molar-refractivity contribution in [2.75, 3.05) is 6.61 Å². The van der Waals surface area contributed by atoms with Gasteiger partial charge in [-0.1, -0.05) is 18.2 Å². The van der Waals surface area contributed by atoms with Crippen molar-refractivity contribution in [3.05, 3.63) is 34.0 Å². The first-order valence-corrected chi connectivity index (χ1v) is 4.96. The third kappa shape index (κ3) is 2.71. The fourth-order valence-electron chi connectivity index (χ4n) is 0.872. The Balaban J connectivity index is 2.95. The number of nitrogens with zero attached hydrogens (tertiary/aromatic N) is 1. The molecule has 0 N–H and O–H groups in total. The molecular weight excluding hydrogens is 253 g/mol. The molecule has 0 aliphatic heterocycles. The molecule has 0 saturated heterocycles. The van der Waals surface area contributed by atoms with Crippen LogP contribution in [0.2, 0.25) is 5.15 Å². The molecule has 1 heterocycles. The van der Waals surface area contributed by atoms with Crippen molar-refractivity contribution in [2.45, 2.75) is 6.92 Å². The Labute approximate surface area is 90.7 Å². The number of hydrogen-bond donors (Lipinski definition) is 0. The number of ether oxygens (including phenoxy) is 1. The molecule has 0 amide bonds. The lowest BCUT2D eigenvalue weighted by Gasteiger charge is -2.07. The molecule has 2 nitrogen and oxygen atoms in total. The lowest BCUT2D eigenvalue weighted by molar-refractivity contribution is 0.299. The minimum absolute atomic E-state index is 0.396. The van der Waals surface area contributed by atoms with E-state index >= 15 is 0 Å². The third-order valence-corrected chi connectivity index (χ3v) is 2.16. The first-order valence-electron chi connectivity index (χ1n) is 3.79. The molecule has 0 radical (unpaired) electrons. The van der Waals surface area contributed by atoms with Crippen molar-refractivity contribution < 1.29 is 4.74 Å². The van der Waals surface area contributed by atoms with Crippen molar-refractivity contribution in [1.29, 1.82) is 0 Å². The zero-order valence-corrected chi connectivity index (χ0v) is 9.52. The van der Waals surface area contributed by atoms with Crippen molar-refractivity contribution in [1.82, 2.24) is 4.98 Å². The molecule has 0 atom stereocenters. The monoisotopic (exact) mass is 261 g/mol. The zero-order valence-electron chi connectivity index (χ0n) is 7.18. The third-order valence-electron chi connectivity index (χ3n) is 1.43. The standard InChI is InChI=1S/C9H9BrClNO/c1-3-13-6(2)7-4-5-8(10)12-9(7)11/h4-5H,2-3H2,1H3. The molecule has 1 aromatic rings. The predicted octanol–water partition coefficient (Wildman–Crippen LogP) is 3.50. The van der Waals surface area contributed by atoms with E-state index in [0.29, 0.717) is 22.1 Å². The molecule has 1 rings (SSSR count). The maximum Gasteiger partial charge on any atom is 0.141 e. The van der Waals surface area contributed by atoms with Gasteiger partial charge in [0.15, 0.2) is 0 Å². The summed E-state index contributed by atoms with van der Waals surface area (Å²) in [5.41, 5.74) is 0.728. The van der Waals surface area contributed by atoms with Crippen LogP contribution in [0.4, 0.5) is 0 Å². The Bertz CT molecular complexity index is 327. The maximum absolute atomic E-state index is 5.88. The molecule has 0 spiro atoms. The number of aromatic nitrogens is 1. The summed E-state index contributed by atoms with van der Waals surface area (Å²) in [6, 6.07) is 3.61. The van der Waals surface area contributed by atoms with Gasteiger partial charge in [0.05, 0.1) is 12.2 Å². The summed E-state index contributed by atoms with van der Waals surface area (Å²) in [6.07, 6.45) is 0. The Hall–Kier alpha value is -0.540. The van der Waals surface area contributed by atoms with Gasteiger partial charge in [0.1, 0.15) is 15.5 Å². The van der Waals surface area contributed by atoms with Crippen LogP contribution in [0.15, 0.2) is 23.3 Å². The van der Waals surface area contributed by atoms with Gasteiger partial charge in [-0.05, 0) is 35.0 Å². The second-order valence-electron chi connectivity index (χ2n) is 2.33. The molecule has 4 heteroatoms. The Kier molecular flexibility index (Phi) is 3.75. The van der Waals surface area contributed by atoms with Gasteiger partial charge in [0.2, 0.25) is 0 Å². The Morgan fingerprint density at radius 3 is 2.92 bits per heavy atom. The van der Waals surface area contributed by atoms with E-state index in [1.54, 1.807) is 6.07 Å². The van der Waals surface area contributed by atoms with Crippen molar-refractivity contribution in [3.63, 3.8) is 0 Å². The molecule has 70 valence electrons. The molecule has 0 bridgehead atoms. The summed E-state index contributed by atoms with van der Waals surface area (Å²) in [5, 5.41) is 0.396. The van der Waals surface area contributed by atoms with E-state index in [2.05, 4.69) is 27.5 Å². The minimum Gasteiger partial charge on any atom is -0.494 e. The highest BCUT2D eigenvalue weighted by atomic mass is 79.9. The first-order chi connectivity index (χ1) is 6.15. The highest BCUT2D eigenvalue weighted by Crippen LogP contribution is 2.23. The van der Waals surface area contributed by atoms with Crippen LogP contribution in [-0.4, -0.2) is 11.6 Å². The van der Waals surface area contributed by atoms with Crippen LogP contribution in [0.1, 0.15) is 12.5 Å². The van der Waals surface area contributed by atoms with Gasteiger partial charge in [-0.2, -0.15) is 0 Å². The van der Waals surface area contributed by atoms with Crippen LogP contribution in [-0.2, 0) is 4.74 Å². The van der Waals surface area contributed by atoms with Gasteiger partial charge in [-0.25, -0.2) is 4.98 Å². The van der Waals surface area contributed by atoms with E-state index in [1.807, 2.05) is 13.0 Å². The van der Waals surface area contributed by atoms with Gasteiger partial charge in [0.25, 0.3) is 0 Å². The lowest BCUT2D eigenvalue weighted by Crippen LogP contribution is -1.92. The molecule has 0 aliphatic rings. The topological polar surface area (TPSA) is 22.1 Å². The van der Waals surface area contributed by atoms with Crippen LogP contribution >= 0.6 is 27.5 Å². The van der Waals surface area contributed by atoms with Crippen LogP contribution in [0.5, 0.6) is 0 Å². The number of pyridine rings is 1. The average Bonchev–Trinajstić information content (AvgIpc) is 2.04. The summed E-state index contributed by atoms with van der Waals surface area (Å²) in [6.45, 7) is 6.21. The molecule has 1 aromatic heterocycles. The fourth-order valence-corrected chi connectivity index (χ4v) is 1.54. The predicted molar refractivity (Wildman–Crippen MR) is 57.6 cm³/mol. The summed E-state index contributed by atoms with van der Waals surface area (Å²) in [5.74, 6) is 0.549. The fraction of sp³-hybridized carbons (Fsp3) is 0.222. The second-order valence-corrected chi connectivity index (χ2v) is 3.50. The smallest absolute Gasteiger partial charge is 0.141 e. The molecular formula is C9H9BrClNO. The first kappa shape index (κ1) is 10.5. The molecule has 0 aromatic carbocycles. The van der Waals surface area contributed by atoms with Gasteiger partial charge < -0.3 is 4.74 Å². The van der Waals surface area contributed by atoms with E-state index in [9.17, 15) is 0 Å². The Morgan fingerprint density at radius 2 is 2.38 bits per heavy atom. The normalized spacial score (nSPS) is 9.77. The molecule has 0 fully saturated rings. The molecule has 13 heavy (non-hydrogen) atoms. The zero-order chi connectivity index (χ0) is 9.84. The molecule has 0 aliphatic carbocycles. The van der Waals surface area contributed by atoms with Crippen LogP contribution < -0.4 is 0 Å². The van der Waals surface area contributed by atoms with E-state index in [1.165, 1.54) is 0 Å². The van der Waals surface area contributed by atoms with E-state index in [-0.39, 0.29) is 0 Å². The summed E-state index contributed by atoms with van der Waals surface area (Å²) >= 11 is 9.10. The summed E-state index contributed by atoms with van der Waals surface area (Å²) in [4.78, 5) is 4.02. The van der Waals surface area contributed by atoms with E-state index < -0.39 is 0 Å². The highest BCUT2D eigenvalue weighted by molar-refractivity contribution is 9.10. The maximum atomic E-state index is 5.88. The Morgan fingerprint density at radius 1 is 1.69 bits per heavy atom. The van der Waals surface area contributed by atoms with Gasteiger partial charge in [-0.3, -0.25) is 0 Å². The van der Waals surface area contributed by atoms with Crippen LogP contribution in [0.3, 0.4) is 0 Å². The van der Waals surface area contributed by atoms with Crippen molar-refractivity contribution in [2.24, 2.45) is 0 Å². The second kappa shape index (κ2) is 4.63.